The monoisotopic (exact) mass is 428 g/mol. The first kappa shape index (κ1) is 27.1. The molecular weight excluding hydrogens is 384 g/mol. The molecule has 6 heteroatoms. The maximum Gasteiger partial charge on any atom is 0.330 e. The van der Waals surface area contributed by atoms with Crippen LogP contribution in [-0.4, -0.2) is 56.9 Å². The van der Waals surface area contributed by atoms with Crippen molar-refractivity contribution >= 4 is 5.97 Å². The van der Waals surface area contributed by atoms with E-state index in [9.17, 15) is 25.2 Å². The normalized spacial score (nSPS) is 30.0. The summed E-state index contributed by atoms with van der Waals surface area (Å²) in [4.78, 5) is 12.2. The van der Waals surface area contributed by atoms with Crippen molar-refractivity contribution < 1.29 is 30.0 Å². The number of hydrogen-bond acceptors (Lipinski definition) is 6. The van der Waals surface area contributed by atoms with Crippen LogP contribution in [0.2, 0.25) is 0 Å². The summed E-state index contributed by atoms with van der Waals surface area (Å²) >= 11 is 0. The number of esters is 1. The summed E-state index contributed by atoms with van der Waals surface area (Å²) in [7, 11) is 0. The van der Waals surface area contributed by atoms with Crippen LogP contribution in [0.5, 0.6) is 0 Å². The molecule has 0 fully saturated rings. The summed E-state index contributed by atoms with van der Waals surface area (Å²) in [5.74, 6) is -0.549. The Morgan fingerprint density at radius 1 is 0.933 bits per heavy atom. The minimum absolute atomic E-state index is 0.209. The first-order valence-electron chi connectivity index (χ1n) is 12.0. The Morgan fingerprint density at radius 3 is 2.03 bits per heavy atom. The Bertz CT molecular complexity index is 465. The molecule has 0 amide bonds. The average Bonchev–Trinajstić information content (AvgIpc) is 2.65. The van der Waals surface area contributed by atoms with Crippen LogP contribution in [0.1, 0.15) is 103 Å². The minimum Gasteiger partial charge on any atom is -0.459 e. The molecule has 0 saturated heterocycles. The molecular formula is C24H44O6. The van der Waals surface area contributed by atoms with E-state index in [0.717, 1.165) is 32.1 Å². The number of cyclic esters (lactones) is 1. The lowest BCUT2D eigenvalue weighted by molar-refractivity contribution is -0.145. The molecule has 4 N–H and O–H groups in total. The number of rotatable bonds is 4. The number of ether oxygens (including phenoxy) is 1. The highest BCUT2D eigenvalue weighted by Crippen LogP contribution is 2.18. The maximum atomic E-state index is 12.2. The number of carbonyl (C=O) groups is 1. The Hall–Kier alpha value is -0.950. The quantitative estimate of drug-likeness (QED) is 0.508. The van der Waals surface area contributed by atoms with Crippen molar-refractivity contribution in [2.75, 3.05) is 0 Å². The van der Waals surface area contributed by atoms with Gasteiger partial charge in [-0.2, -0.15) is 0 Å². The minimum atomic E-state index is -0.891. The maximum absolute atomic E-state index is 12.2. The SMILES string of the molecule is C[C@@H](O)C[C@@H](O)C[C@@H]1CCCCCCCCCCCC[C@H](O)C[C@H](O)/C=C/C(=O)O1. The van der Waals surface area contributed by atoms with Crippen LogP contribution in [-0.2, 0) is 9.53 Å². The van der Waals surface area contributed by atoms with Crippen LogP contribution < -0.4 is 0 Å². The second-order valence-corrected chi connectivity index (χ2v) is 8.96. The van der Waals surface area contributed by atoms with Gasteiger partial charge in [0.05, 0.1) is 24.4 Å². The van der Waals surface area contributed by atoms with Crippen LogP contribution in [0, 0.1) is 0 Å². The van der Waals surface area contributed by atoms with Gasteiger partial charge in [-0.3, -0.25) is 0 Å². The highest BCUT2D eigenvalue weighted by atomic mass is 16.5. The molecule has 1 aliphatic rings. The molecule has 6 nitrogen and oxygen atoms in total. The standard InChI is InChI=1S/C24H44O6/c1-19(25)16-22(28)18-23-13-11-9-7-5-3-2-4-6-8-10-12-20(26)17-21(27)14-15-24(29)30-23/h14-15,19-23,25-28H,2-13,16-18H2,1H3/b15-14+/t19-,20+,21-,22-,23+/m1/s1. The van der Waals surface area contributed by atoms with Crippen molar-refractivity contribution in [1.82, 2.24) is 0 Å². The second kappa shape index (κ2) is 16.7. The Labute approximate surface area is 182 Å². The summed E-state index contributed by atoms with van der Waals surface area (Å²) in [5.41, 5.74) is 0. The van der Waals surface area contributed by atoms with E-state index in [0.29, 0.717) is 19.3 Å². The highest BCUT2D eigenvalue weighted by molar-refractivity contribution is 5.82. The molecule has 1 aliphatic heterocycles. The molecule has 5 atom stereocenters. The molecule has 0 radical (unpaired) electrons. The van der Waals surface area contributed by atoms with E-state index < -0.39 is 36.5 Å². The van der Waals surface area contributed by atoms with Crippen molar-refractivity contribution in [2.45, 2.75) is 134 Å². The number of aliphatic hydroxyl groups is 4. The molecule has 1 heterocycles. The van der Waals surface area contributed by atoms with Gasteiger partial charge in [0.1, 0.15) is 6.10 Å². The predicted octanol–water partition coefficient (Wildman–Crippen LogP) is 3.78. The molecule has 0 aromatic rings. The van der Waals surface area contributed by atoms with Crippen molar-refractivity contribution in [2.24, 2.45) is 0 Å². The lowest BCUT2D eigenvalue weighted by atomic mass is 10.00. The molecule has 0 aliphatic carbocycles. The smallest absolute Gasteiger partial charge is 0.330 e. The fourth-order valence-corrected chi connectivity index (χ4v) is 4.05. The Balaban J connectivity index is 2.63. The van der Waals surface area contributed by atoms with Crippen LogP contribution in [0.15, 0.2) is 12.2 Å². The van der Waals surface area contributed by atoms with Crippen molar-refractivity contribution in [3.63, 3.8) is 0 Å². The van der Waals surface area contributed by atoms with Gasteiger partial charge in [-0.25, -0.2) is 4.79 Å². The predicted molar refractivity (Wildman–Crippen MR) is 118 cm³/mol. The molecule has 176 valence electrons. The third-order valence-corrected chi connectivity index (χ3v) is 5.71. The van der Waals surface area contributed by atoms with Gasteiger partial charge in [-0.1, -0.05) is 57.8 Å². The molecule has 0 saturated carbocycles. The third kappa shape index (κ3) is 14.9. The van der Waals surface area contributed by atoms with E-state index in [2.05, 4.69) is 0 Å². The third-order valence-electron chi connectivity index (χ3n) is 5.71. The summed E-state index contributed by atoms with van der Waals surface area (Å²) in [6.45, 7) is 1.63. The lowest BCUT2D eigenvalue weighted by Crippen LogP contribution is -2.25. The van der Waals surface area contributed by atoms with Gasteiger partial charge in [0.15, 0.2) is 0 Å². The average molecular weight is 429 g/mol. The highest BCUT2D eigenvalue weighted by Gasteiger charge is 2.19. The van der Waals surface area contributed by atoms with Crippen molar-refractivity contribution in [3.8, 4) is 0 Å². The van der Waals surface area contributed by atoms with Gasteiger partial charge in [0.25, 0.3) is 0 Å². The summed E-state index contributed by atoms with van der Waals surface area (Å²) in [6.07, 6.45) is 12.8. The molecule has 0 spiro atoms. The summed E-state index contributed by atoms with van der Waals surface area (Å²) < 4.78 is 5.52. The molecule has 0 unspecified atom stereocenters. The van der Waals surface area contributed by atoms with Gasteiger partial charge in [0.2, 0.25) is 0 Å². The zero-order chi connectivity index (χ0) is 22.2. The Morgan fingerprint density at radius 2 is 1.47 bits per heavy atom. The van der Waals surface area contributed by atoms with Crippen LogP contribution in [0.3, 0.4) is 0 Å². The molecule has 1 rings (SSSR count). The van der Waals surface area contributed by atoms with E-state index in [1.807, 2.05) is 0 Å². The summed E-state index contributed by atoms with van der Waals surface area (Å²) in [6, 6.07) is 0. The van der Waals surface area contributed by atoms with Gasteiger partial charge >= 0.3 is 5.97 Å². The number of carbonyl (C=O) groups excluding carboxylic acids is 1. The van der Waals surface area contributed by atoms with Gasteiger partial charge in [-0.15, -0.1) is 0 Å². The number of aliphatic hydroxyl groups excluding tert-OH is 4. The first-order chi connectivity index (χ1) is 14.4. The fraction of sp³-hybridized carbons (Fsp3) is 0.875. The van der Waals surface area contributed by atoms with E-state index in [1.54, 1.807) is 6.92 Å². The molecule has 0 bridgehead atoms. The van der Waals surface area contributed by atoms with Crippen LogP contribution in [0.4, 0.5) is 0 Å². The molecule has 0 aromatic heterocycles. The van der Waals surface area contributed by atoms with Crippen LogP contribution in [0.25, 0.3) is 0 Å². The van der Waals surface area contributed by atoms with E-state index in [4.69, 9.17) is 4.74 Å². The second-order valence-electron chi connectivity index (χ2n) is 8.96. The number of hydrogen-bond donors (Lipinski definition) is 4. The molecule has 30 heavy (non-hydrogen) atoms. The largest absolute Gasteiger partial charge is 0.459 e. The summed E-state index contributed by atoms with van der Waals surface area (Å²) in [5, 5.41) is 39.7. The van der Waals surface area contributed by atoms with Gasteiger partial charge < -0.3 is 25.2 Å². The van der Waals surface area contributed by atoms with E-state index in [-0.39, 0.29) is 12.8 Å². The van der Waals surface area contributed by atoms with Crippen molar-refractivity contribution in [1.29, 1.82) is 0 Å². The van der Waals surface area contributed by atoms with E-state index >= 15 is 0 Å². The zero-order valence-electron chi connectivity index (χ0n) is 18.8. The van der Waals surface area contributed by atoms with Crippen molar-refractivity contribution in [3.05, 3.63) is 12.2 Å². The van der Waals surface area contributed by atoms with Crippen LogP contribution >= 0.6 is 0 Å². The first-order valence-corrected chi connectivity index (χ1v) is 12.0. The zero-order valence-corrected chi connectivity index (χ0v) is 18.8. The topological polar surface area (TPSA) is 107 Å². The Kier molecular flexibility index (Phi) is 15.1. The lowest BCUT2D eigenvalue weighted by Gasteiger charge is -2.21. The van der Waals surface area contributed by atoms with E-state index in [1.165, 1.54) is 44.3 Å². The fourth-order valence-electron chi connectivity index (χ4n) is 4.05. The van der Waals surface area contributed by atoms with Gasteiger partial charge in [0, 0.05) is 18.9 Å². The molecule has 0 aromatic carbocycles. The van der Waals surface area contributed by atoms with Gasteiger partial charge in [-0.05, 0) is 38.7 Å².